The van der Waals surface area contributed by atoms with Crippen molar-refractivity contribution in [1.82, 2.24) is 20.3 Å². The van der Waals surface area contributed by atoms with Crippen LogP contribution in [0, 0.1) is 5.92 Å². The van der Waals surface area contributed by atoms with Gasteiger partial charge in [0.05, 0.1) is 23.4 Å². The van der Waals surface area contributed by atoms with Gasteiger partial charge in [-0.1, -0.05) is 6.92 Å². The second kappa shape index (κ2) is 6.85. The molecule has 2 fully saturated rings. The van der Waals surface area contributed by atoms with E-state index >= 15 is 0 Å². The van der Waals surface area contributed by atoms with Gasteiger partial charge < -0.3 is 25.7 Å². The summed E-state index contributed by atoms with van der Waals surface area (Å²) in [4.78, 5) is 26.5. The maximum absolute atomic E-state index is 12.2. The van der Waals surface area contributed by atoms with Crippen molar-refractivity contribution in [2.45, 2.75) is 31.7 Å². The fraction of sp³-hybridized carbons (Fsp3) is 0.611. The van der Waals surface area contributed by atoms with Crippen LogP contribution in [0.25, 0.3) is 11.0 Å². The highest BCUT2D eigenvalue weighted by molar-refractivity contribution is 5.91. The molecular weight excluding hydrogens is 332 g/mol. The van der Waals surface area contributed by atoms with Gasteiger partial charge in [-0.3, -0.25) is 4.79 Å². The Balaban J connectivity index is 1.46. The van der Waals surface area contributed by atoms with Gasteiger partial charge in [0.2, 0.25) is 5.91 Å². The lowest BCUT2D eigenvalue weighted by Crippen LogP contribution is -2.53. The number of fused-ring (bicyclic) bond motifs is 1. The Labute approximate surface area is 152 Å². The third-order valence-corrected chi connectivity index (χ3v) is 5.51. The van der Waals surface area contributed by atoms with Gasteiger partial charge in [0.15, 0.2) is 0 Å². The zero-order valence-corrected chi connectivity index (χ0v) is 15.1. The van der Waals surface area contributed by atoms with E-state index in [1.54, 1.807) is 6.33 Å². The van der Waals surface area contributed by atoms with Crippen molar-refractivity contribution in [2.75, 3.05) is 37.7 Å². The predicted octanol–water partition coefficient (Wildman–Crippen LogP) is 0.581. The number of anilines is 1. The summed E-state index contributed by atoms with van der Waals surface area (Å²) in [6, 6.07) is 0. The smallest absolute Gasteiger partial charge is 0.225 e. The Morgan fingerprint density at radius 1 is 1.54 bits per heavy atom. The van der Waals surface area contributed by atoms with E-state index in [1.165, 1.54) is 5.56 Å². The molecule has 0 aliphatic carbocycles. The van der Waals surface area contributed by atoms with E-state index in [0.717, 1.165) is 42.7 Å². The maximum Gasteiger partial charge on any atom is 0.225 e. The van der Waals surface area contributed by atoms with Crippen LogP contribution in [-0.2, 0) is 16.0 Å². The molecule has 2 atom stereocenters. The van der Waals surface area contributed by atoms with Crippen LogP contribution in [0.1, 0.15) is 25.3 Å². The molecule has 0 radical (unpaired) electrons. The normalized spacial score (nSPS) is 25.9. The number of rotatable bonds is 5. The Hall–Kier alpha value is -2.19. The van der Waals surface area contributed by atoms with Crippen LogP contribution in [0.2, 0.25) is 0 Å². The SMILES string of the molecule is CCc1c[nH]c2ncnc(N3CC[C@](N)(CNC(=O)C4CCOC4)C3)c12. The van der Waals surface area contributed by atoms with Crippen LogP contribution in [0.3, 0.4) is 0 Å². The topological polar surface area (TPSA) is 109 Å². The summed E-state index contributed by atoms with van der Waals surface area (Å²) in [7, 11) is 0. The third-order valence-electron chi connectivity index (χ3n) is 5.51. The minimum Gasteiger partial charge on any atom is -0.381 e. The highest BCUT2D eigenvalue weighted by Crippen LogP contribution is 2.31. The fourth-order valence-corrected chi connectivity index (χ4v) is 3.90. The van der Waals surface area contributed by atoms with Crippen LogP contribution in [0.4, 0.5) is 5.82 Å². The number of aryl methyl sites for hydroxylation is 1. The third kappa shape index (κ3) is 3.14. The summed E-state index contributed by atoms with van der Waals surface area (Å²) < 4.78 is 5.29. The average Bonchev–Trinajstić information content (AvgIpc) is 3.39. The van der Waals surface area contributed by atoms with Crippen molar-refractivity contribution in [3.8, 4) is 0 Å². The van der Waals surface area contributed by atoms with Crippen LogP contribution >= 0.6 is 0 Å². The molecule has 0 saturated carbocycles. The van der Waals surface area contributed by atoms with Crippen molar-refractivity contribution in [2.24, 2.45) is 11.7 Å². The molecule has 2 aromatic rings. The molecule has 4 rings (SSSR count). The van der Waals surface area contributed by atoms with Gasteiger partial charge in [0.25, 0.3) is 0 Å². The highest BCUT2D eigenvalue weighted by atomic mass is 16.5. The molecule has 2 aliphatic rings. The summed E-state index contributed by atoms with van der Waals surface area (Å²) in [5.74, 6) is 0.939. The standard InChI is InChI=1S/C18H26N6O2/c1-2-12-7-20-15-14(12)16(23-11-22-15)24-5-4-18(19,10-24)9-21-17(25)13-3-6-26-8-13/h7,11,13H,2-6,8-10,19H2,1H3,(H,21,25)(H,20,22,23)/t13?,18-/m0/s1. The van der Waals surface area contributed by atoms with Gasteiger partial charge >= 0.3 is 0 Å². The summed E-state index contributed by atoms with van der Waals surface area (Å²) in [5.41, 5.74) is 8.20. The van der Waals surface area contributed by atoms with Gasteiger partial charge in [0.1, 0.15) is 17.8 Å². The first kappa shape index (κ1) is 17.2. The van der Waals surface area contributed by atoms with E-state index in [1.807, 2.05) is 6.20 Å². The van der Waals surface area contributed by atoms with Crippen LogP contribution in [0.15, 0.2) is 12.5 Å². The van der Waals surface area contributed by atoms with E-state index in [0.29, 0.717) is 26.3 Å². The Morgan fingerprint density at radius 3 is 3.19 bits per heavy atom. The molecular formula is C18H26N6O2. The highest BCUT2D eigenvalue weighted by Gasteiger charge is 2.37. The summed E-state index contributed by atoms with van der Waals surface area (Å²) >= 11 is 0. The molecule has 2 saturated heterocycles. The second-order valence-electron chi connectivity index (χ2n) is 7.40. The first-order valence-corrected chi connectivity index (χ1v) is 9.30. The molecule has 140 valence electrons. The molecule has 0 bridgehead atoms. The first-order chi connectivity index (χ1) is 12.6. The van der Waals surface area contributed by atoms with Crippen LogP contribution in [-0.4, -0.2) is 59.2 Å². The molecule has 8 heteroatoms. The lowest BCUT2D eigenvalue weighted by atomic mass is 9.99. The number of aromatic amines is 1. The number of nitrogens with zero attached hydrogens (tertiary/aromatic N) is 3. The number of carbonyl (C=O) groups excluding carboxylic acids is 1. The van der Waals surface area contributed by atoms with Crippen molar-refractivity contribution >= 4 is 22.8 Å². The molecule has 1 amide bonds. The number of hydrogen-bond acceptors (Lipinski definition) is 6. The van der Waals surface area contributed by atoms with Crippen LogP contribution in [0.5, 0.6) is 0 Å². The van der Waals surface area contributed by atoms with E-state index in [4.69, 9.17) is 10.5 Å². The van der Waals surface area contributed by atoms with Crippen molar-refractivity contribution < 1.29 is 9.53 Å². The number of ether oxygens (including phenoxy) is 1. The van der Waals surface area contributed by atoms with E-state index in [2.05, 4.69) is 32.1 Å². The number of nitrogens with one attached hydrogen (secondary N) is 2. The van der Waals surface area contributed by atoms with E-state index in [9.17, 15) is 4.79 Å². The van der Waals surface area contributed by atoms with E-state index < -0.39 is 5.54 Å². The number of carbonyl (C=O) groups is 1. The molecule has 0 aromatic carbocycles. The van der Waals surface area contributed by atoms with Gasteiger partial charge in [-0.25, -0.2) is 9.97 Å². The number of amides is 1. The Bertz CT molecular complexity index is 800. The molecule has 8 nitrogen and oxygen atoms in total. The van der Waals surface area contributed by atoms with Gasteiger partial charge in [-0.15, -0.1) is 0 Å². The van der Waals surface area contributed by atoms with Crippen molar-refractivity contribution in [1.29, 1.82) is 0 Å². The number of hydrogen-bond donors (Lipinski definition) is 3. The lowest BCUT2D eigenvalue weighted by Gasteiger charge is -2.26. The molecule has 4 heterocycles. The largest absolute Gasteiger partial charge is 0.381 e. The predicted molar refractivity (Wildman–Crippen MR) is 99.0 cm³/mol. The molecule has 26 heavy (non-hydrogen) atoms. The molecule has 1 unspecified atom stereocenters. The first-order valence-electron chi connectivity index (χ1n) is 9.30. The van der Waals surface area contributed by atoms with E-state index in [-0.39, 0.29) is 11.8 Å². The summed E-state index contributed by atoms with van der Waals surface area (Å²) in [5, 5.41) is 4.10. The molecule has 2 aromatic heterocycles. The Morgan fingerprint density at radius 2 is 2.42 bits per heavy atom. The zero-order valence-electron chi connectivity index (χ0n) is 15.1. The minimum absolute atomic E-state index is 0.0374. The molecule has 2 aliphatic heterocycles. The molecule has 4 N–H and O–H groups in total. The van der Waals surface area contributed by atoms with Gasteiger partial charge in [-0.05, 0) is 24.8 Å². The van der Waals surface area contributed by atoms with Gasteiger partial charge in [-0.2, -0.15) is 0 Å². The second-order valence-corrected chi connectivity index (χ2v) is 7.40. The molecule has 0 spiro atoms. The zero-order chi connectivity index (χ0) is 18.1. The monoisotopic (exact) mass is 358 g/mol. The fourth-order valence-electron chi connectivity index (χ4n) is 3.90. The average molecular weight is 358 g/mol. The maximum atomic E-state index is 12.2. The number of nitrogens with two attached hydrogens (primary N) is 1. The summed E-state index contributed by atoms with van der Waals surface area (Å²) in [6.07, 6.45) is 6.11. The van der Waals surface area contributed by atoms with Crippen LogP contribution < -0.4 is 16.0 Å². The van der Waals surface area contributed by atoms with Crippen molar-refractivity contribution in [3.05, 3.63) is 18.1 Å². The minimum atomic E-state index is -0.449. The summed E-state index contributed by atoms with van der Waals surface area (Å²) in [6.45, 7) is 5.26. The number of H-pyrrole nitrogens is 1. The Kier molecular flexibility index (Phi) is 4.54. The quantitative estimate of drug-likeness (QED) is 0.721. The van der Waals surface area contributed by atoms with Gasteiger partial charge in [0, 0.05) is 32.4 Å². The number of aromatic nitrogens is 3. The van der Waals surface area contributed by atoms with Crippen molar-refractivity contribution in [3.63, 3.8) is 0 Å². The lowest BCUT2D eigenvalue weighted by molar-refractivity contribution is -0.125.